The maximum Gasteiger partial charge on any atom is 0.0588 e. The van der Waals surface area contributed by atoms with Crippen LogP contribution in [-0.2, 0) is 4.74 Å². The summed E-state index contributed by atoms with van der Waals surface area (Å²) in [5.41, 5.74) is 5.33. The van der Waals surface area contributed by atoms with Gasteiger partial charge in [-0.2, -0.15) is 0 Å². The molecule has 0 saturated carbocycles. The molecule has 1 aliphatic rings. The lowest BCUT2D eigenvalue weighted by Gasteiger charge is -2.28. The average Bonchev–Trinajstić information content (AvgIpc) is 2.09. The Balaban J connectivity index is 2.01. The fourth-order valence-corrected chi connectivity index (χ4v) is 1.56. The Bertz CT molecular complexity index is 111. The lowest BCUT2D eigenvalue weighted by molar-refractivity contribution is 0.0768. The summed E-state index contributed by atoms with van der Waals surface area (Å²) in [6.07, 6.45) is 2.56. The molecular formula is C9H20N2O. The van der Waals surface area contributed by atoms with Gasteiger partial charge >= 0.3 is 0 Å². The summed E-state index contributed by atoms with van der Waals surface area (Å²) < 4.78 is 5.41. The summed E-state index contributed by atoms with van der Waals surface area (Å²) in [6, 6.07) is 0. The Morgan fingerprint density at radius 3 is 2.67 bits per heavy atom. The maximum atomic E-state index is 5.41. The molecule has 1 saturated heterocycles. The van der Waals surface area contributed by atoms with Gasteiger partial charge in [0.2, 0.25) is 0 Å². The second-order valence-electron chi connectivity index (χ2n) is 3.61. The van der Waals surface area contributed by atoms with Gasteiger partial charge in [-0.25, -0.2) is 0 Å². The van der Waals surface area contributed by atoms with Gasteiger partial charge in [-0.05, 0) is 38.9 Å². The van der Waals surface area contributed by atoms with E-state index >= 15 is 0 Å². The van der Waals surface area contributed by atoms with E-state index in [0.29, 0.717) is 13.2 Å². The van der Waals surface area contributed by atoms with E-state index < -0.39 is 0 Å². The van der Waals surface area contributed by atoms with Crippen LogP contribution in [0.25, 0.3) is 0 Å². The van der Waals surface area contributed by atoms with E-state index in [9.17, 15) is 0 Å². The Hall–Kier alpha value is -0.120. The molecule has 0 aliphatic carbocycles. The highest BCUT2D eigenvalue weighted by atomic mass is 16.5. The van der Waals surface area contributed by atoms with Gasteiger partial charge < -0.3 is 15.4 Å². The second kappa shape index (κ2) is 5.51. The van der Waals surface area contributed by atoms with Crippen LogP contribution < -0.4 is 5.73 Å². The van der Waals surface area contributed by atoms with Gasteiger partial charge in [0.1, 0.15) is 0 Å². The topological polar surface area (TPSA) is 38.5 Å². The Morgan fingerprint density at radius 2 is 2.08 bits per heavy atom. The standard InChI is InChI=1S/C9H20N2O/c1-11-5-2-9(3-6-11)8-12-7-4-10/h9H,2-8,10H2,1H3. The minimum Gasteiger partial charge on any atom is -0.380 e. The number of nitrogens with zero attached hydrogens (tertiary/aromatic N) is 1. The van der Waals surface area contributed by atoms with Gasteiger partial charge in [-0.3, -0.25) is 0 Å². The van der Waals surface area contributed by atoms with Crippen LogP contribution in [0.4, 0.5) is 0 Å². The van der Waals surface area contributed by atoms with Crippen molar-refractivity contribution in [2.24, 2.45) is 11.7 Å². The Labute approximate surface area is 74.9 Å². The summed E-state index contributed by atoms with van der Waals surface area (Å²) in [4.78, 5) is 2.37. The summed E-state index contributed by atoms with van der Waals surface area (Å²) >= 11 is 0. The van der Waals surface area contributed by atoms with E-state index in [1.807, 2.05) is 0 Å². The lowest BCUT2D eigenvalue weighted by Crippen LogP contribution is -2.32. The van der Waals surface area contributed by atoms with Crippen LogP contribution in [0, 0.1) is 5.92 Å². The minimum atomic E-state index is 0.645. The van der Waals surface area contributed by atoms with Gasteiger partial charge in [-0.15, -0.1) is 0 Å². The molecule has 0 unspecified atom stereocenters. The number of hydrogen-bond acceptors (Lipinski definition) is 3. The zero-order valence-corrected chi connectivity index (χ0v) is 7.96. The molecule has 1 heterocycles. The Morgan fingerprint density at radius 1 is 1.42 bits per heavy atom. The molecule has 0 aromatic rings. The highest BCUT2D eigenvalue weighted by Gasteiger charge is 2.15. The van der Waals surface area contributed by atoms with Gasteiger partial charge in [0, 0.05) is 13.2 Å². The van der Waals surface area contributed by atoms with Crippen LogP contribution in [0.2, 0.25) is 0 Å². The van der Waals surface area contributed by atoms with E-state index in [2.05, 4.69) is 11.9 Å². The van der Waals surface area contributed by atoms with Crippen molar-refractivity contribution in [3.8, 4) is 0 Å². The Kier molecular flexibility index (Phi) is 4.58. The van der Waals surface area contributed by atoms with Crippen molar-refractivity contribution in [2.45, 2.75) is 12.8 Å². The summed E-state index contributed by atoms with van der Waals surface area (Å²) in [5, 5.41) is 0. The predicted molar refractivity (Wildman–Crippen MR) is 50.1 cm³/mol. The average molecular weight is 172 g/mol. The molecule has 0 spiro atoms. The quantitative estimate of drug-likeness (QED) is 0.620. The summed E-state index contributed by atoms with van der Waals surface area (Å²) in [5.74, 6) is 0.771. The van der Waals surface area contributed by atoms with Crippen molar-refractivity contribution in [1.82, 2.24) is 4.90 Å². The fraction of sp³-hybridized carbons (Fsp3) is 1.00. The van der Waals surface area contributed by atoms with Crippen LogP contribution in [0.3, 0.4) is 0 Å². The lowest BCUT2D eigenvalue weighted by atomic mass is 9.98. The van der Waals surface area contributed by atoms with Crippen LogP contribution in [-0.4, -0.2) is 44.8 Å². The molecule has 72 valence electrons. The van der Waals surface area contributed by atoms with E-state index in [1.54, 1.807) is 0 Å². The maximum absolute atomic E-state index is 5.41. The first-order valence-corrected chi connectivity index (χ1v) is 4.79. The summed E-state index contributed by atoms with van der Waals surface area (Å²) in [7, 11) is 2.18. The number of piperidine rings is 1. The number of rotatable bonds is 4. The highest BCUT2D eigenvalue weighted by molar-refractivity contribution is 4.69. The molecule has 1 rings (SSSR count). The number of ether oxygens (including phenoxy) is 1. The first-order chi connectivity index (χ1) is 5.83. The molecular weight excluding hydrogens is 152 g/mol. The highest BCUT2D eigenvalue weighted by Crippen LogP contribution is 2.15. The monoisotopic (exact) mass is 172 g/mol. The molecule has 0 aromatic heterocycles. The molecule has 0 radical (unpaired) electrons. The minimum absolute atomic E-state index is 0.645. The number of hydrogen-bond donors (Lipinski definition) is 1. The molecule has 1 fully saturated rings. The molecule has 0 bridgehead atoms. The molecule has 1 aliphatic heterocycles. The third kappa shape index (κ3) is 3.52. The van der Waals surface area contributed by atoms with E-state index in [1.165, 1.54) is 25.9 Å². The van der Waals surface area contributed by atoms with Gasteiger partial charge in [0.25, 0.3) is 0 Å². The van der Waals surface area contributed by atoms with E-state index in [-0.39, 0.29) is 0 Å². The van der Waals surface area contributed by atoms with E-state index in [4.69, 9.17) is 10.5 Å². The van der Waals surface area contributed by atoms with Crippen molar-refractivity contribution in [3.05, 3.63) is 0 Å². The SMILES string of the molecule is CN1CCC(COCCN)CC1. The van der Waals surface area contributed by atoms with Crippen molar-refractivity contribution < 1.29 is 4.74 Å². The van der Waals surface area contributed by atoms with Crippen LogP contribution in [0.5, 0.6) is 0 Å². The first-order valence-electron chi connectivity index (χ1n) is 4.79. The predicted octanol–water partition coefficient (Wildman–Crippen LogP) is 0.304. The van der Waals surface area contributed by atoms with Crippen LogP contribution in [0.15, 0.2) is 0 Å². The molecule has 12 heavy (non-hydrogen) atoms. The van der Waals surface area contributed by atoms with Crippen molar-refractivity contribution in [1.29, 1.82) is 0 Å². The third-order valence-electron chi connectivity index (χ3n) is 2.45. The van der Waals surface area contributed by atoms with Gasteiger partial charge in [-0.1, -0.05) is 0 Å². The third-order valence-corrected chi connectivity index (χ3v) is 2.45. The fourth-order valence-electron chi connectivity index (χ4n) is 1.56. The van der Waals surface area contributed by atoms with Crippen molar-refractivity contribution >= 4 is 0 Å². The smallest absolute Gasteiger partial charge is 0.0588 e. The van der Waals surface area contributed by atoms with Gasteiger partial charge in [0.15, 0.2) is 0 Å². The van der Waals surface area contributed by atoms with Crippen molar-refractivity contribution in [3.63, 3.8) is 0 Å². The summed E-state index contributed by atoms with van der Waals surface area (Å²) in [6.45, 7) is 4.71. The normalized spacial score (nSPS) is 21.5. The zero-order valence-electron chi connectivity index (χ0n) is 7.96. The molecule has 0 aromatic carbocycles. The molecule has 2 N–H and O–H groups in total. The van der Waals surface area contributed by atoms with Crippen LogP contribution in [0.1, 0.15) is 12.8 Å². The van der Waals surface area contributed by atoms with E-state index in [0.717, 1.165) is 12.5 Å². The van der Waals surface area contributed by atoms with Crippen molar-refractivity contribution in [2.75, 3.05) is 39.9 Å². The van der Waals surface area contributed by atoms with Gasteiger partial charge in [0.05, 0.1) is 6.61 Å². The second-order valence-corrected chi connectivity index (χ2v) is 3.61. The first kappa shape index (κ1) is 9.96. The number of likely N-dealkylation sites (tertiary alicyclic amines) is 1. The zero-order chi connectivity index (χ0) is 8.81. The molecule has 3 nitrogen and oxygen atoms in total. The number of nitrogens with two attached hydrogens (primary N) is 1. The largest absolute Gasteiger partial charge is 0.380 e. The molecule has 0 amide bonds. The van der Waals surface area contributed by atoms with Crippen LogP contribution >= 0.6 is 0 Å². The molecule has 0 atom stereocenters. The molecule has 3 heteroatoms.